The summed E-state index contributed by atoms with van der Waals surface area (Å²) < 4.78 is 0. The Morgan fingerprint density at radius 3 is 2.35 bits per heavy atom. The van der Waals surface area contributed by atoms with Gasteiger partial charge in [-0.3, -0.25) is 19.2 Å². The number of rotatable bonds is 2. The van der Waals surface area contributed by atoms with Gasteiger partial charge < -0.3 is 25.3 Å². The summed E-state index contributed by atoms with van der Waals surface area (Å²) in [6, 6.07) is 9.85. The number of nitrogens with one attached hydrogen (secondary N) is 2. The monoisotopic (exact) mass is 551 g/mol. The van der Waals surface area contributed by atoms with Crippen molar-refractivity contribution in [2.24, 2.45) is 11.8 Å². The lowest BCUT2D eigenvalue weighted by atomic mass is 9.80. The molecule has 4 aliphatic rings. The van der Waals surface area contributed by atoms with Crippen LogP contribution in [0.15, 0.2) is 30.3 Å². The Balaban J connectivity index is 1.26. The molecule has 2 N–H and O–H groups in total. The molecule has 3 saturated heterocycles. The number of carbonyl (C=O) groups excluding carboxylic acids is 4. The second kappa shape index (κ2) is 12.7. The van der Waals surface area contributed by atoms with Gasteiger partial charge in [0.05, 0.1) is 12.1 Å². The Labute approximate surface area is 238 Å². The SMILES string of the molecule is CN1CC(=O)NC2(CCN(C(=O)c3ccccc3)CC2)CC(=O)NCC[C@H]2CN(C3CCCC3)CC[C@H]2CC1=O. The van der Waals surface area contributed by atoms with E-state index in [0.29, 0.717) is 56.4 Å². The molecule has 2 atom stereocenters. The fourth-order valence-corrected chi connectivity index (χ4v) is 7.34. The number of likely N-dealkylation sites (N-methyl/N-ethyl adjacent to an activating group) is 1. The van der Waals surface area contributed by atoms with Crippen molar-refractivity contribution in [1.82, 2.24) is 25.3 Å². The minimum atomic E-state index is -0.741. The van der Waals surface area contributed by atoms with Gasteiger partial charge >= 0.3 is 0 Å². The van der Waals surface area contributed by atoms with E-state index in [1.165, 1.54) is 25.7 Å². The first-order valence-corrected chi connectivity index (χ1v) is 15.2. The molecule has 40 heavy (non-hydrogen) atoms. The highest BCUT2D eigenvalue weighted by atomic mass is 16.2. The van der Waals surface area contributed by atoms with E-state index in [1.807, 2.05) is 18.2 Å². The maximum Gasteiger partial charge on any atom is 0.253 e. The molecule has 5 rings (SSSR count). The summed E-state index contributed by atoms with van der Waals surface area (Å²) in [6.45, 7) is 3.47. The number of nitrogens with zero attached hydrogens (tertiary/aromatic N) is 3. The van der Waals surface area contributed by atoms with Gasteiger partial charge in [-0.2, -0.15) is 0 Å². The van der Waals surface area contributed by atoms with Gasteiger partial charge in [-0.15, -0.1) is 0 Å². The molecule has 0 unspecified atom stereocenters. The highest BCUT2D eigenvalue weighted by Gasteiger charge is 2.40. The second-order valence-corrected chi connectivity index (χ2v) is 12.5. The molecular weight excluding hydrogens is 506 g/mol. The van der Waals surface area contributed by atoms with E-state index in [4.69, 9.17) is 0 Å². The van der Waals surface area contributed by atoms with Crippen molar-refractivity contribution < 1.29 is 19.2 Å². The molecule has 9 nitrogen and oxygen atoms in total. The predicted molar refractivity (Wildman–Crippen MR) is 152 cm³/mol. The number of carbonyl (C=O) groups is 4. The number of fused-ring (bicyclic) bond motifs is 1. The average Bonchev–Trinajstić information content (AvgIpc) is 3.49. The first-order valence-electron chi connectivity index (χ1n) is 15.2. The molecule has 3 heterocycles. The van der Waals surface area contributed by atoms with Crippen molar-refractivity contribution in [2.75, 3.05) is 46.3 Å². The van der Waals surface area contributed by atoms with Crippen molar-refractivity contribution >= 4 is 23.6 Å². The van der Waals surface area contributed by atoms with Crippen LogP contribution in [0.1, 0.15) is 74.6 Å². The fraction of sp³-hybridized carbons (Fsp3) is 0.677. The van der Waals surface area contributed by atoms with E-state index in [9.17, 15) is 19.2 Å². The van der Waals surface area contributed by atoms with Crippen LogP contribution in [0.5, 0.6) is 0 Å². The van der Waals surface area contributed by atoms with Crippen molar-refractivity contribution in [1.29, 1.82) is 0 Å². The largest absolute Gasteiger partial charge is 0.356 e. The van der Waals surface area contributed by atoms with Crippen LogP contribution in [0.2, 0.25) is 0 Å². The summed E-state index contributed by atoms with van der Waals surface area (Å²) in [5.41, 5.74) is -0.103. The zero-order valence-corrected chi connectivity index (χ0v) is 23.9. The Morgan fingerprint density at radius 1 is 0.900 bits per heavy atom. The van der Waals surface area contributed by atoms with Gasteiger partial charge in [0.2, 0.25) is 17.7 Å². The molecule has 1 saturated carbocycles. The molecule has 3 aliphatic heterocycles. The van der Waals surface area contributed by atoms with Gasteiger partial charge in [0, 0.05) is 57.7 Å². The van der Waals surface area contributed by atoms with Crippen LogP contribution in [-0.4, -0.2) is 96.2 Å². The van der Waals surface area contributed by atoms with E-state index in [1.54, 1.807) is 29.0 Å². The zero-order valence-electron chi connectivity index (χ0n) is 23.9. The van der Waals surface area contributed by atoms with E-state index in [0.717, 1.165) is 25.9 Å². The van der Waals surface area contributed by atoms with E-state index < -0.39 is 5.54 Å². The minimum absolute atomic E-state index is 0.0119. The van der Waals surface area contributed by atoms with Crippen LogP contribution in [0, 0.1) is 11.8 Å². The zero-order chi connectivity index (χ0) is 28.1. The summed E-state index contributed by atoms with van der Waals surface area (Å²) in [7, 11) is 1.71. The quantitative estimate of drug-likeness (QED) is 0.588. The first kappa shape index (κ1) is 28.6. The van der Waals surface area contributed by atoms with E-state index in [-0.39, 0.29) is 42.5 Å². The molecule has 218 valence electrons. The van der Waals surface area contributed by atoms with Gasteiger partial charge in [-0.05, 0) is 69.0 Å². The lowest BCUT2D eigenvalue weighted by Crippen LogP contribution is -2.59. The topological polar surface area (TPSA) is 102 Å². The molecule has 4 amide bonds. The number of benzene rings is 1. The predicted octanol–water partition coefficient (Wildman–Crippen LogP) is 2.42. The standard InChI is InChI=1S/C31H45N5O4/c1-34-22-28(38)33-31(13-17-35(18-14-31)30(40)23-7-3-2-4-8-23)20-27(37)32-15-11-25-21-36(26-9-5-6-10-26)16-12-24(25)19-29(34)39/h2-4,7-8,24-26H,5-6,9-22H2,1H3,(H,32,37)(H,33,38)/t24-,25-/m0/s1. The molecule has 0 bridgehead atoms. The Kier molecular flexibility index (Phi) is 9.08. The van der Waals surface area contributed by atoms with Crippen LogP contribution in [0.25, 0.3) is 0 Å². The Bertz CT molecular complexity index is 1060. The molecule has 4 fully saturated rings. The van der Waals surface area contributed by atoms with Crippen molar-refractivity contribution in [3.8, 4) is 0 Å². The molecule has 1 aliphatic carbocycles. The lowest BCUT2D eigenvalue weighted by Gasteiger charge is -2.43. The molecule has 1 aromatic rings. The minimum Gasteiger partial charge on any atom is -0.356 e. The molecular formula is C31H45N5O4. The highest BCUT2D eigenvalue weighted by molar-refractivity contribution is 5.94. The van der Waals surface area contributed by atoms with Crippen molar-refractivity contribution in [3.63, 3.8) is 0 Å². The van der Waals surface area contributed by atoms with Gasteiger partial charge in [0.25, 0.3) is 5.91 Å². The van der Waals surface area contributed by atoms with Crippen LogP contribution in [0.3, 0.4) is 0 Å². The number of piperidine rings is 2. The van der Waals surface area contributed by atoms with Crippen molar-refractivity contribution in [2.45, 2.75) is 75.8 Å². The second-order valence-electron chi connectivity index (χ2n) is 12.5. The third-order valence-electron chi connectivity index (χ3n) is 9.78. The first-order chi connectivity index (χ1) is 19.3. The molecule has 9 heteroatoms. The van der Waals surface area contributed by atoms with Gasteiger partial charge in [0.1, 0.15) is 0 Å². The molecule has 0 radical (unpaired) electrons. The van der Waals surface area contributed by atoms with Gasteiger partial charge in [-0.25, -0.2) is 0 Å². The van der Waals surface area contributed by atoms with Crippen LogP contribution >= 0.6 is 0 Å². The maximum atomic E-state index is 13.2. The maximum absolute atomic E-state index is 13.2. The number of hydrogen-bond acceptors (Lipinski definition) is 5. The third kappa shape index (κ3) is 6.85. The van der Waals surface area contributed by atoms with Crippen LogP contribution in [0.4, 0.5) is 0 Å². The summed E-state index contributed by atoms with van der Waals surface area (Å²) in [6.07, 6.45) is 8.58. The average molecular weight is 552 g/mol. The number of likely N-dealkylation sites (tertiary alicyclic amines) is 2. The van der Waals surface area contributed by atoms with E-state index >= 15 is 0 Å². The van der Waals surface area contributed by atoms with Crippen LogP contribution in [-0.2, 0) is 14.4 Å². The van der Waals surface area contributed by atoms with Gasteiger partial charge in [0.15, 0.2) is 0 Å². The Hall–Kier alpha value is -2.94. The molecule has 1 aromatic carbocycles. The summed E-state index contributed by atoms with van der Waals surface area (Å²) in [4.78, 5) is 58.5. The third-order valence-corrected chi connectivity index (χ3v) is 9.78. The molecule has 0 aromatic heterocycles. The number of amides is 4. The normalized spacial score (nSPS) is 27.6. The van der Waals surface area contributed by atoms with Crippen LogP contribution < -0.4 is 10.6 Å². The van der Waals surface area contributed by atoms with Crippen molar-refractivity contribution in [3.05, 3.63) is 35.9 Å². The number of hydrogen-bond donors (Lipinski definition) is 2. The Morgan fingerprint density at radius 2 is 1.62 bits per heavy atom. The van der Waals surface area contributed by atoms with E-state index in [2.05, 4.69) is 15.5 Å². The highest BCUT2D eigenvalue weighted by Crippen LogP contribution is 2.34. The smallest absolute Gasteiger partial charge is 0.253 e. The summed E-state index contributed by atoms with van der Waals surface area (Å²) in [5, 5.41) is 6.26. The lowest BCUT2D eigenvalue weighted by molar-refractivity contribution is -0.137. The van der Waals surface area contributed by atoms with Gasteiger partial charge in [-0.1, -0.05) is 31.0 Å². The molecule has 1 spiro atoms. The summed E-state index contributed by atoms with van der Waals surface area (Å²) >= 11 is 0. The summed E-state index contributed by atoms with van der Waals surface area (Å²) in [5.74, 6) is 0.281. The fourth-order valence-electron chi connectivity index (χ4n) is 7.34.